The second-order valence-electron chi connectivity index (χ2n) is 4.29. The molecule has 0 spiro atoms. The maximum absolute atomic E-state index is 11.3. The molecule has 86 valence electrons. The molecule has 0 fully saturated rings. The Balaban J connectivity index is 3.81. The van der Waals surface area contributed by atoms with Crippen molar-refractivity contribution in [2.45, 2.75) is 45.8 Å². The Bertz CT molecular complexity index is 253. The molecule has 0 aliphatic rings. The Hall–Kier alpha value is -1.42. The monoisotopic (exact) mass is 214 g/mol. The summed E-state index contributed by atoms with van der Waals surface area (Å²) in [6.07, 6.45) is 0.152. The normalized spacial score (nSPS) is 12.5. The third kappa shape index (κ3) is 8.90. The molecule has 0 saturated heterocycles. The predicted molar refractivity (Wildman–Crippen MR) is 57.5 cm³/mol. The largest absolute Gasteiger partial charge is 0.444 e. The summed E-state index contributed by atoms with van der Waals surface area (Å²) < 4.78 is 5.06. The van der Waals surface area contributed by atoms with E-state index in [0.29, 0.717) is 13.0 Å². The second-order valence-corrected chi connectivity index (χ2v) is 4.29. The van der Waals surface area contributed by atoms with E-state index in [0.717, 1.165) is 0 Å². The fourth-order valence-electron chi connectivity index (χ4n) is 0.877. The number of ether oxygens (including phenoxy) is 1. The van der Waals surface area contributed by atoms with Crippen LogP contribution in [0.4, 0.5) is 4.79 Å². The number of rotatable bonds is 4. The van der Waals surface area contributed by atoms with Gasteiger partial charge in [-0.15, -0.1) is 0 Å². The van der Waals surface area contributed by atoms with Crippen LogP contribution in [0.15, 0.2) is 5.11 Å². The minimum atomic E-state index is -0.491. The molecule has 0 radical (unpaired) electrons. The third-order valence-electron chi connectivity index (χ3n) is 1.49. The lowest BCUT2D eigenvalue weighted by atomic mass is 10.2. The Labute approximate surface area is 89.6 Å². The van der Waals surface area contributed by atoms with Crippen molar-refractivity contribution in [2.24, 2.45) is 5.11 Å². The standard InChI is InChI=1S/C9H18N4O2/c1-7(5-6-11-13-10)12-8(14)15-9(2,3)4/h7H,5-6H2,1-4H3,(H,12,14). The lowest BCUT2D eigenvalue weighted by Crippen LogP contribution is -2.37. The number of nitrogens with zero attached hydrogens (tertiary/aromatic N) is 3. The van der Waals surface area contributed by atoms with Gasteiger partial charge in [0.2, 0.25) is 0 Å². The molecule has 0 aliphatic carbocycles. The van der Waals surface area contributed by atoms with Crippen LogP contribution in [0.3, 0.4) is 0 Å². The minimum absolute atomic E-state index is 0.0645. The van der Waals surface area contributed by atoms with E-state index < -0.39 is 11.7 Å². The van der Waals surface area contributed by atoms with Crippen LogP contribution in [0, 0.1) is 0 Å². The van der Waals surface area contributed by atoms with Crippen LogP contribution in [0.5, 0.6) is 0 Å². The molecule has 0 aromatic carbocycles. The molecule has 1 unspecified atom stereocenters. The molecule has 1 amide bonds. The quantitative estimate of drug-likeness (QED) is 0.443. The van der Waals surface area contributed by atoms with Crippen molar-refractivity contribution in [3.8, 4) is 0 Å². The fraction of sp³-hybridized carbons (Fsp3) is 0.889. The molecular formula is C9H18N4O2. The first-order valence-electron chi connectivity index (χ1n) is 4.85. The van der Waals surface area contributed by atoms with Crippen LogP contribution in [0.25, 0.3) is 10.4 Å². The van der Waals surface area contributed by atoms with E-state index in [9.17, 15) is 4.79 Å². The number of hydrogen-bond acceptors (Lipinski definition) is 3. The summed E-state index contributed by atoms with van der Waals surface area (Å²) in [5.41, 5.74) is 7.57. The molecule has 0 aromatic rings. The zero-order chi connectivity index (χ0) is 11.9. The summed E-state index contributed by atoms with van der Waals surface area (Å²) in [6, 6.07) is -0.0645. The zero-order valence-electron chi connectivity index (χ0n) is 9.65. The summed E-state index contributed by atoms with van der Waals surface area (Å²) in [4.78, 5) is 13.9. The van der Waals surface area contributed by atoms with Crippen molar-refractivity contribution in [1.29, 1.82) is 0 Å². The van der Waals surface area contributed by atoms with Crippen molar-refractivity contribution in [2.75, 3.05) is 6.54 Å². The van der Waals surface area contributed by atoms with Gasteiger partial charge in [0, 0.05) is 17.5 Å². The molecule has 6 nitrogen and oxygen atoms in total. The Morgan fingerprint density at radius 2 is 2.20 bits per heavy atom. The highest BCUT2D eigenvalue weighted by atomic mass is 16.6. The first-order chi connectivity index (χ1) is 6.85. The molecule has 0 heterocycles. The third-order valence-corrected chi connectivity index (χ3v) is 1.49. The maximum Gasteiger partial charge on any atom is 0.407 e. The number of carbonyl (C=O) groups excluding carboxylic acids is 1. The highest BCUT2D eigenvalue weighted by Gasteiger charge is 2.17. The van der Waals surface area contributed by atoms with Crippen molar-refractivity contribution in [3.63, 3.8) is 0 Å². The molecule has 1 N–H and O–H groups in total. The number of amides is 1. The first-order valence-corrected chi connectivity index (χ1v) is 4.85. The molecule has 0 saturated carbocycles. The van der Waals surface area contributed by atoms with Gasteiger partial charge in [0.05, 0.1) is 0 Å². The van der Waals surface area contributed by atoms with Gasteiger partial charge in [0.25, 0.3) is 0 Å². The number of alkyl carbamates (subject to hydrolysis) is 1. The smallest absolute Gasteiger partial charge is 0.407 e. The lowest BCUT2D eigenvalue weighted by Gasteiger charge is -2.21. The SMILES string of the molecule is CC(CCN=[N+]=[N-])NC(=O)OC(C)(C)C. The molecule has 6 heteroatoms. The summed E-state index contributed by atoms with van der Waals surface area (Å²) in [6.45, 7) is 7.61. The van der Waals surface area contributed by atoms with E-state index in [1.165, 1.54) is 0 Å². The average molecular weight is 214 g/mol. The Kier molecular flexibility index (Phi) is 5.56. The first kappa shape index (κ1) is 13.6. The van der Waals surface area contributed by atoms with Crippen LogP contribution in [0.1, 0.15) is 34.1 Å². The number of azide groups is 1. The van der Waals surface area contributed by atoms with Gasteiger partial charge < -0.3 is 10.1 Å². The fourth-order valence-corrected chi connectivity index (χ4v) is 0.877. The Morgan fingerprint density at radius 1 is 1.60 bits per heavy atom. The lowest BCUT2D eigenvalue weighted by molar-refractivity contribution is 0.0507. The van der Waals surface area contributed by atoms with Gasteiger partial charge in [-0.05, 0) is 39.6 Å². The van der Waals surface area contributed by atoms with Gasteiger partial charge in [0.1, 0.15) is 5.60 Å². The van der Waals surface area contributed by atoms with E-state index in [-0.39, 0.29) is 6.04 Å². The second kappa shape index (κ2) is 6.14. The van der Waals surface area contributed by atoms with Gasteiger partial charge in [-0.1, -0.05) is 5.11 Å². The number of nitrogens with one attached hydrogen (secondary N) is 1. The molecule has 0 bridgehead atoms. The minimum Gasteiger partial charge on any atom is -0.444 e. The van der Waals surface area contributed by atoms with Crippen molar-refractivity contribution < 1.29 is 9.53 Å². The van der Waals surface area contributed by atoms with E-state index in [1.807, 2.05) is 6.92 Å². The maximum atomic E-state index is 11.3. The van der Waals surface area contributed by atoms with Gasteiger partial charge in [-0.3, -0.25) is 0 Å². The van der Waals surface area contributed by atoms with Crippen LogP contribution in [-0.4, -0.2) is 24.3 Å². The predicted octanol–water partition coefficient (Wildman–Crippen LogP) is 2.60. The van der Waals surface area contributed by atoms with Crippen LogP contribution >= 0.6 is 0 Å². The molecule has 15 heavy (non-hydrogen) atoms. The van der Waals surface area contributed by atoms with Gasteiger partial charge >= 0.3 is 6.09 Å². The average Bonchev–Trinajstić information content (AvgIpc) is 2.00. The Morgan fingerprint density at radius 3 is 2.67 bits per heavy atom. The van der Waals surface area contributed by atoms with Crippen molar-refractivity contribution >= 4 is 6.09 Å². The van der Waals surface area contributed by atoms with E-state index >= 15 is 0 Å². The number of carbonyl (C=O) groups is 1. The summed E-state index contributed by atoms with van der Waals surface area (Å²) in [5.74, 6) is 0. The molecule has 0 aliphatic heterocycles. The van der Waals surface area contributed by atoms with Crippen molar-refractivity contribution in [3.05, 3.63) is 10.4 Å². The van der Waals surface area contributed by atoms with E-state index in [2.05, 4.69) is 15.3 Å². The number of hydrogen-bond donors (Lipinski definition) is 1. The molecular weight excluding hydrogens is 196 g/mol. The molecule has 1 atom stereocenters. The summed E-state index contributed by atoms with van der Waals surface area (Å²) in [7, 11) is 0. The molecule has 0 rings (SSSR count). The zero-order valence-corrected chi connectivity index (χ0v) is 9.65. The molecule has 0 aromatic heterocycles. The highest BCUT2D eigenvalue weighted by Crippen LogP contribution is 2.07. The van der Waals surface area contributed by atoms with Gasteiger partial charge in [-0.25, -0.2) is 4.79 Å². The van der Waals surface area contributed by atoms with Gasteiger partial charge in [-0.2, -0.15) is 0 Å². The van der Waals surface area contributed by atoms with E-state index in [1.54, 1.807) is 20.8 Å². The van der Waals surface area contributed by atoms with Crippen LogP contribution in [-0.2, 0) is 4.74 Å². The van der Waals surface area contributed by atoms with Crippen molar-refractivity contribution in [1.82, 2.24) is 5.32 Å². The topological polar surface area (TPSA) is 87.1 Å². The summed E-state index contributed by atoms with van der Waals surface area (Å²) in [5, 5.41) is 6.03. The van der Waals surface area contributed by atoms with Gasteiger partial charge in [0.15, 0.2) is 0 Å². The van der Waals surface area contributed by atoms with Crippen LogP contribution in [0.2, 0.25) is 0 Å². The van der Waals surface area contributed by atoms with Crippen LogP contribution < -0.4 is 5.32 Å². The summed E-state index contributed by atoms with van der Waals surface area (Å²) >= 11 is 0. The van der Waals surface area contributed by atoms with E-state index in [4.69, 9.17) is 10.3 Å². The highest BCUT2D eigenvalue weighted by molar-refractivity contribution is 5.67.